The van der Waals surface area contributed by atoms with Gasteiger partial charge in [0.2, 0.25) is 0 Å². The molecule has 1 aromatic heterocycles. The van der Waals surface area contributed by atoms with Crippen LogP contribution < -0.4 is 5.32 Å². The van der Waals surface area contributed by atoms with Gasteiger partial charge in [0.15, 0.2) is 0 Å². The third-order valence-electron chi connectivity index (χ3n) is 3.02. The van der Waals surface area contributed by atoms with Gasteiger partial charge in [-0.1, -0.05) is 30.3 Å². The first-order valence-corrected chi connectivity index (χ1v) is 8.71. The Morgan fingerprint density at radius 3 is 2.64 bits per heavy atom. The molecule has 0 saturated carbocycles. The van der Waals surface area contributed by atoms with Gasteiger partial charge in [-0.15, -0.1) is 23.1 Å². The Labute approximate surface area is 137 Å². The number of hydrogen-bond acceptors (Lipinski definition) is 4. The lowest BCUT2D eigenvalue weighted by Gasteiger charge is -2.09. The lowest BCUT2D eigenvalue weighted by Crippen LogP contribution is -2.12. The molecule has 0 saturated heterocycles. The maximum absolute atomic E-state index is 12.5. The summed E-state index contributed by atoms with van der Waals surface area (Å²) in [6.07, 6.45) is 0. The summed E-state index contributed by atoms with van der Waals surface area (Å²) in [5, 5.41) is 4.95. The van der Waals surface area contributed by atoms with E-state index < -0.39 is 0 Å². The highest BCUT2D eigenvalue weighted by Crippen LogP contribution is 2.26. The summed E-state index contributed by atoms with van der Waals surface area (Å²) in [6.45, 7) is 0. The first-order chi connectivity index (χ1) is 10.8. The van der Waals surface area contributed by atoms with E-state index in [-0.39, 0.29) is 5.91 Å². The molecular formula is C17H14N2OS2. The number of para-hydroxylation sites is 1. The molecule has 110 valence electrons. The van der Waals surface area contributed by atoms with E-state index in [0.29, 0.717) is 5.56 Å². The molecule has 1 heterocycles. The SMILES string of the molecule is O=C(Nc1ccccc1)c1ccccc1SCc1cscn1. The zero-order valence-electron chi connectivity index (χ0n) is 11.7. The van der Waals surface area contributed by atoms with Crippen LogP contribution in [0.1, 0.15) is 16.1 Å². The molecule has 3 rings (SSSR count). The van der Waals surface area contributed by atoms with Crippen LogP contribution in [0, 0.1) is 0 Å². The normalized spacial score (nSPS) is 10.4. The van der Waals surface area contributed by atoms with Crippen LogP contribution in [-0.2, 0) is 5.75 Å². The maximum Gasteiger partial charge on any atom is 0.256 e. The fourth-order valence-corrected chi connectivity index (χ4v) is 3.58. The van der Waals surface area contributed by atoms with Gasteiger partial charge in [0, 0.05) is 21.7 Å². The Kier molecular flexibility index (Phi) is 4.88. The Balaban J connectivity index is 1.74. The number of hydrogen-bond donors (Lipinski definition) is 1. The molecule has 0 unspecified atom stereocenters. The first kappa shape index (κ1) is 14.8. The highest BCUT2D eigenvalue weighted by atomic mass is 32.2. The number of carbonyl (C=O) groups is 1. The third-order valence-corrected chi connectivity index (χ3v) is 4.76. The molecule has 1 N–H and O–H groups in total. The Morgan fingerprint density at radius 2 is 1.86 bits per heavy atom. The van der Waals surface area contributed by atoms with Gasteiger partial charge < -0.3 is 5.32 Å². The molecular weight excluding hydrogens is 312 g/mol. The molecule has 0 aliphatic heterocycles. The van der Waals surface area contributed by atoms with Crippen molar-refractivity contribution in [3.05, 3.63) is 76.7 Å². The number of thiazole rings is 1. The molecule has 0 fully saturated rings. The quantitative estimate of drug-likeness (QED) is 0.692. The summed E-state index contributed by atoms with van der Waals surface area (Å²) in [4.78, 5) is 17.7. The Bertz CT molecular complexity index is 742. The maximum atomic E-state index is 12.5. The summed E-state index contributed by atoms with van der Waals surface area (Å²) >= 11 is 3.21. The molecule has 0 aliphatic carbocycles. The lowest BCUT2D eigenvalue weighted by molar-refractivity contribution is 0.102. The van der Waals surface area contributed by atoms with Gasteiger partial charge in [-0.25, -0.2) is 4.98 Å². The van der Waals surface area contributed by atoms with Gasteiger partial charge in [-0.2, -0.15) is 0 Å². The Hall–Kier alpha value is -2.11. The topological polar surface area (TPSA) is 42.0 Å². The minimum atomic E-state index is -0.0902. The molecule has 0 aliphatic rings. The minimum absolute atomic E-state index is 0.0902. The molecule has 0 spiro atoms. The van der Waals surface area contributed by atoms with E-state index >= 15 is 0 Å². The van der Waals surface area contributed by atoms with Crippen molar-refractivity contribution in [2.45, 2.75) is 10.6 Å². The van der Waals surface area contributed by atoms with E-state index in [0.717, 1.165) is 22.0 Å². The van der Waals surface area contributed by atoms with Crippen LogP contribution in [0.15, 0.2) is 70.4 Å². The largest absolute Gasteiger partial charge is 0.322 e. The zero-order chi connectivity index (χ0) is 15.2. The number of amides is 1. The average Bonchev–Trinajstić information content (AvgIpc) is 3.07. The number of carbonyl (C=O) groups excluding carboxylic acids is 1. The molecule has 2 aromatic carbocycles. The Morgan fingerprint density at radius 1 is 1.09 bits per heavy atom. The second kappa shape index (κ2) is 7.24. The molecule has 0 atom stereocenters. The average molecular weight is 326 g/mol. The van der Waals surface area contributed by atoms with E-state index in [9.17, 15) is 4.79 Å². The van der Waals surface area contributed by atoms with Crippen LogP contribution in [0.25, 0.3) is 0 Å². The molecule has 5 heteroatoms. The summed E-state index contributed by atoms with van der Waals surface area (Å²) < 4.78 is 0. The number of benzene rings is 2. The van der Waals surface area contributed by atoms with Gasteiger partial charge in [-0.05, 0) is 24.3 Å². The van der Waals surface area contributed by atoms with Crippen LogP contribution in [0.2, 0.25) is 0 Å². The van der Waals surface area contributed by atoms with Gasteiger partial charge in [0.1, 0.15) is 0 Å². The number of nitrogens with zero attached hydrogens (tertiary/aromatic N) is 1. The smallest absolute Gasteiger partial charge is 0.256 e. The summed E-state index contributed by atoms with van der Waals surface area (Å²) in [5.74, 6) is 0.673. The van der Waals surface area contributed by atoms with Crippen LogP contribution in [0.4, 0.5) is 5.69 Å². The fraction of sp³-hybridized carbons (Fsp3) is 0.0588. The lowest BCUT2D eigenvalue weighted by atomic mass is 10.2. The van der Waals surface area contributed by atoms with Crippen molar-refractivity contribution < 1.29 is 4.79 Å². The molecule has 22 heavy (non-hydrogen) atoms. The van der Waals surface area contributed by atoms with Crippen LogP contribution in [0.5, 0.6) is 0 Å². The zero-order valence-corrected chi connectivity index (χ0v) is 13.4. The number of rotatable bonds is 5. The second-order valence-corrected chi connectivity index (χ2v) is 6.32. The van der Waals surface area contributed by atoms with Crippen molar-refractivity contribution in [1.82, 2.24) is 4.98 Å². The monoisotopic (exact) mass is 326 g/mol. The summed E-state index contributed by atoms with van der Waals surface area (Å²) in [7, 11) is 0. The molecule has 1 amide bonds. The van der Waals surface area contributed by atoms with Crippen molar-refractivity contribution in [2.75, 3.05) is 5.32 Å². The number of thioether (sulfide) groups is 1. The van der Waals surface area contributed by atoms with Gasteiger partial charge >= 0.3 is 0 Å². The highest BCUT2D eigenvalue weighted by molar-refractivity contribution is 7.98. The number of anilines is 1. The van der Waals surface area contributed by atoms with Crippen molar-refractivity contribution >= 4 is 34.7 Å². The molecule has 3 nitrogen and oxygen atoms in total. The van der Waals surface area contributed by atoms with Gasteiger partial charge in [-0.3, -0.25) is 4.79 Å². The van der Waals surface area contributed by atoms with Crippen LogP contribution in [0.3, 0.4) is 0 Å². The van der Waals surface area contributed by atoms with Crippen molar-refractivity contribution in [2.24, 2.45) is 0 Å². The first-order valence-electron chi connectivity index (χ1n) is 6.78. The van der Waals surface area contributed by atoms with Gasteiger partial charge in [0.25, 0.3) is 5.91 Å². The van der Waals surface area contributed by atoms with E-state index in [2.05, 4.69) is 10.3 Å². The predicted octanol–water partition coefficient (Wildman–Crippen LogP) is 4.69. The standard InChI is InChI=1S/C17H14N2OS2/c20-17(19-13-6-2-1-3-7-13)15-8-4-5-9-16(15)22-11-14-10-21-12-18-14/h1-10,12H,11H2,(H,19,20). The highest BCUT2D eigenvalue weighted by Gasteiger charge is 2.12. The number of nitrogens with one attached hydrogen (secondary N) is 1. The third kappa shape index (κ3) is 3.75. The predicted molar refractivity (Wildman–Crippen MR) is 92.5 cm³/mol. The van der Waals surface area contributed by atoms with E-state index in [1.54, 1.807) is 23.1 Å². The van der Waals surface area contributed by atoms with Crippen molar-refractivity contribution in [1.29, 1.82) is 0 Å². The van der Waals surface area contributed by atoms with Crippen molar-refractivity contribution in [3.63, 3.8) is 0 Å². The second-order valence-electron chi connectivity index (χ2n) is 4.58. The van der Waals surface area contributed by atoms with E-state index in [1.165, 1.54) is 0 Å². The van der Waals surface area contributed by atoms with Crippen LogP contribution in [-0.4, -0.2) is 10.9 Å². The summed E-state index contributed by atoms with van der Waals surface area (Å²) in [5.41, 5.74) is 4.34. The number of aromatic nitrogens is 1. The molecule has 0 radical (unpaired) electrons. The molecule has 3 aromatic rings. The van der Waals surface area contributed by atoms with Crippen LogP contribution >= 0.6 is 23.1 Å². The fourth-order valence-electron chi connectivity index (χ4n) is 1.96. The van der Waals surface area contributed by atoms with E-state index in [1.807, 2.05) is 65.5 Å². The van der Waals surface area contributed by atoms with Gasteiger partial charge in [0.05, 0.1) is 16.8 Å². The minimum Gasteiger partial charge on any atom is -0.322 e. The van der Waals surface area contributed by atoms with Crippen molar-refractivity contribution in [3.8, 4) is 0 Å². The molecule has 0 bridgehead atoms. The summed E-state index contributed by atoms with van der Waals surface area (Å²) in [6, 6.07) is 17.1. The van der Waals surface area contributed by atoms with E-state index in [4.69, 9.17) is 0 Å².